The first-order valence-electron chi connectivity index (χ1n) is 8.57. The molecule has 1 N–H and O–H groups in total. The fourth-order valence-corrected chi connectivity index (χ4v) is 3.06. The fraction of sp³-hybridized carbons (Fsp3) is 0.941. The Balaban J connectivity index is 1.79. The van der Waals surface area contributed by atoms with Gasteiger partial charge >= 0.3 is 6.09 Å². The third-order valence-electron chi connectivity index (χ3n) is 4.62. The van der Waals surface area contributed by atoms with E-state index in [4.69, 9.17) is 9.47 Å². The van der Waals surface area contributed by atoms with Crippen LogP contribution in [0.4, 0.5) is 4.79 Å². The van der Waals surface area contributed by atoms with Gasteiger partial charge in [0.15, 0.2) is 0 Å². The highest BCUT2D eigenvalue weighted by Gasteiger charge is 2.34. The van der Waals surface area contributed by atoms with Gasteiger partial charge in [-0.15, -0.1) is 0 Å². The van der Waals surface area contributed by atoms with Crippen LogP contribution in [-0.2, 0) is 9.47 Å². The molecule has 1 aliphatic heterocycles. The molecule has 0 bridgehead atoms. The van der Waals surface area contributed by atoms with Crippen LogP contribution in [0.15, 0.2) is 0 Å². The highest BCUT2D eigenvalue weighted by molar-refractivity contribution is 5.68. The lowest BCUT2D eigenvalue weighted by atomic mass is 9.73. The molecule has 0 radical (unpaired) electrons. The third-order valence-corrected chi connectivity index (χ3v) is 4.62. The number of morpholine rings is 1. The lowest BCUT2D eigenvalue weighted by molar-refractivity contribution is -0.0332. The summed E-state index contributed by atoms with van der Waals surface area (Å²) in [4.78, 5) is 14.1. The number of hydrogen-bond acceptors (Lipinski definition) is 4. The predicted octanol–water partition coefficient (Wildman–Crippen LogP) is 2.65. The van der Waals surface area contributed by atoms with Crippen LogP contribution >= 0.6 is 0 Å². The van der Waals surface area contributed by atoms with E-state index < -0.39 is 5.60 Å². The second kappa shape index (κ2) is 7.18. The Hall–Kier alpha value is -0.810. The standard InChI is InChI=1S/C17H32N2O3/c1-12(2)13-8-14(9-13)18-10-15-11-21-7-6-19(15)16(20)22-17(3,4)5/h12-15,18H,6-11H2,1-5H3. The molecule has 1 aliphatic carbocycles. The van der Waals surface area contributed by atoms with Crippen molar-refractivity contribution in [2.45, 2.75) is 65.1 Å². The van der Waals surface area contributed by atoms with Crippen molar-refractivity contribution in [2.24, 2.45) is 11.8 Å². The van der Waals surface area contributed by atoms with Gasteiger partial charge in [-0.1, -0.05) is 13.8 Å². The molecule has 0 spiro atoms. The zero-order valence-corrected chi connectivity index (χ0v) is 14.7. The maximum atomic E-state index is 12.3. The molecule has 1 amide bonds. The smallest absolute Gasteiger partial charge is 0.410 e. The van der Waals surface area contributed by atoms with Crippen molar-refractivity contribution >= 4 is 6.09 Å². The van der Waals surface area contributed by atoms with Crippen molar-refractivity contribution in [1.29, 1.82) is 0 Å². The molecular formula is C17H32N2O3. The van der Waals surface area contributed by atoms with Crippen molar-refractivity contribution in [3.05, 3.63) is 0 Å². The number of amides is 1. The second-order valence-corrected chi connectivity index (χ2v) is 7.98. The van der Waals surface area contributed by atoms with Gasteiger partial charge in [-0.3, -0.25) is 4.90 Å². The van der Waals surface area contributed by atoms with E-state index in [9.17, 15) is 4.79 Å². The molecule has 128 valence electrons. The Kier molecular flexibility index (Phi) is 5.72. The number of ether oxygens (including phenoxy) is 2. The number of carbonyl (C=O) groups is 1. The molecule has 2 rings (SSSR count). The molecule has 2 fully saturated rings. The minimum absolute atomic E-state index is 0.0710. The zero-order chi connectivity index (χ0) is 16.3. The summed E-state index contributed by atoms with van der Waals surface area (Å²) >= 11 is 0. The normalized spacial score (nSPS) is 29.4. The Bertz CT molecular complexity index is 373. The van der Waals surface area contributed by atoms with Gasteiger partial charge in [0.05, 0.1) is 19.3 Å². The van der Waals surface area contributed by atoms with Crippen LogP contribution in [0.2, 0.25) is 0 Å². The molecule has 1 heterocycles. The number of nitrogens with one attached hydrogen (secondary N) is 1. The van der Waals surface area contributed by atoms with Crippen LogP contribution in [0.5, 0.6) is 0 Å². The van der Waals surface area contributed by atoms with Crippen molar-refractivity contribution in [3.8, 4) is 0 Å². The van der Waals surface area contributed by atoms with Gasteiger partial charge in [-0.05, 0) is 45.4 Å². The summed E-state index contributed by atoms with van der Waals surface area (Å²) in [7, 11) is 0. The van der Waals surface area contributed by atoms with E-state index in [1.165, 1.54) is 12.8 Å². The fourth-order valence-electron chi connectivity index (χ4n) is 3.06. The summed E-state index contributed by atoms with van der Waals surface area (Å²) in [6.07, 6.45) is 2.27. The van der Waals surface area contributed by atoms with Crippen molar-refractivity contribution < 1.29 is 14.3 Å². The van der Waals surface area contributed by atoms with Crippen LogP contribution in [0.25, 0.3) is 0 Å². The summed E-state index contributed by atoms with van der Waals surface area (Å²) in [5.41, 5.74) is -0.453. The number of carbonyl (C=O) groups excluding carboxylic acids is 1. The van der Waals surface area contributed by atoms with Crippen LogP contribution in [0, 0.1) is 11.8 Å². The maximum absolute atomic E-state index is 12.3. The number of hydrogen-bond donors (Lipinski definition) is 1. The van der Waals surface area contributed by atoms with Crippen LogP contribution in [0.3, 0.4) is 0 Å². The lowest BCUT2D eigenvalue weighted by Crippen LogP contribution is -2.56. The van der Waals surface area contributed by atoms with E-state index >= 15 is 0 Å². The topological polar surface area (TPSA) is 50.8 Å². The summed E-state index contributed by atoms with van der Waals surface area (Å²) in [5.74, 6) is 1.62. The van der Waals surface area contributed by atoms with Crippen LogP contribution in [-0.4, -0.2) is 55.0 Å². The molecule has 22 heavy (non-hydrogen) atoms. The van der Waals surface area contributed by atoms with E-state index in [1.807, 2.05) is 25.7 Å². The van der Waals surface area contributed by atoms with E-state index in [0.29, 0.717) is 25.8 Å². The Morgan fingerprint density at radius 2 is 2.05 bits per heavy atom. The van der Waals surface area contributed by atoms with Crippen molar-refractivity contribution in [1.82, 2.24) is 10.2 Å². The largest absolute Gasteiger partial charge is 0.444 e. The summed E-state index contributed by atoms with van der Waals surface area (Å²) in [6, 6.07) is 0.663. The van der Waals surface area contributed by atoms with Gasteiger partial charge in [0.2, 0.25) is 0 Å². The van der Waals surface area contributed by atoms with E-state index in [2.05, 4.69) is 19.2 Å². The maximum Gasteiger partial charge on any atom is 0.410 e. The molecule has 5 heteroatoms. The highest BCUT2D eigenvalue weighted by atomic mass is 16.6. The Morgan fingerprint density at radius 3 is 2.64 bits per heavy atom. The molecule has 5 nitrogen and oxygen atoms in total. The van der Waals surface area contributed by atoms with Gasteiger partial charge in [0.25, 0.3) is 0 Å². The first-order valence-corrected chi connectivity index (χ1v) is 8.57. The first-order chi connectivity index (χ1) is 10.3. The Morgan fingerprint density at radius 1 is 1.36 bits per heavy atom. The van der Waals surface area contributed by atoms with Gasteiger partial charge in [-0.2, -0.15) is 0 Å². The minimum Gasteiger partial charge on any atom is -0.444 e. The van der Waals surface area contributed by atoms with Gasteiger partial charge < -0.3 is 14.8 Å². The minimum atomic E-state index is -0.453. The van der Waals surface area contributed by atoms with Gasteiger partial charge in [0.1, 0.15) is 5.60 Å². The predicted molar refractivity (Wildman–Crippen MR) is 86.9 cm³/mol. The van der Waals surface area contributed by atoms with E-state index in [1.54, 1.807) is 0 Å². The molecule has 1 saturated heterocycles. The number of nitrogens with zero attached hydrogens (tertiary/aromatic N) is 1. The molecule has 0 aromatic carbocycles. The monoisotopic (exact) mass is 312 g/mol. The van der Waals surface area contributed by atoms with E-state index in [-0.39, 0.29) is 12.1 Å². The summed E-state index contributed by atoms with van der Waals surface area (Å²) in [5, 5.41) is 3.59. The average molecular weight is 312 g/mol. The second-order valence-electron chi connectivity index (χ2n) is 7.98. The highest BCUT2D eigenvalue weighted by Crippen LogP contribution is 2.33. The Labute approximate surface area is 134 Å². The molecule has 1 saturated carbocycles. The molecule has 0 aromatic heterocycles. The summed E-state index contributed by atoms with van der Waals surface area (Å²) < 4.78 is 11.1. The SMILES string of the molecule is CC(C)C1CC(NCC2COCCN2C(=O)OC(C)(C)C)C1. The quantitative estimate of drug-likeness (QED) is 0.867. The van der Waals surface area contributed by atoms with Gasteiger partial charge in [-0.25, -0.2) is 4.79 Å². The molecule has 2 aliphatic rings. The zero-order valence-electron chi connectivity index (χ0n) is 14.7. The third kappa shape index (κ3) is 4.85. The molecule has 0 aromatic rings. The lowest BCUT2D eigenvalue weighted by Gasteiger charge is -2.41. The molecule has 1 unspecified atom stereocenters. The van der Waals surface area contributed by atoms with Crippen molar-refractivity contribution in [3.63, 3.8) is 0 Å². The number of rotatable bonds is 4. The van der Waals surface area contributed by atoms with Crippen LogP contribution in [0.1, 0.15) is 47.5 Å². The van der Waals surface area contributed by atoms with Crippen molar-refractivity contribution in [2.75, 3.05) is 26.3 Å². The van der Waals surface area contributed by atoms with Gasteiger partial charge in [0, 0.05) is 19.1 Å². The molecule has 1 atom stereocenters. The first kappa shape index (κ1) is 17.5. The average Bonchev–Trinajstić information content (AvgIpc) is 2.34. The summed E-state index contributed by atoms with van der Waals surface area (Å²) in [6.45, 7) is 12.9. The molecular weight excluding hydrogens is 280 g/mol. The van der Waals surface area contributed by atoms with E-state index in [0.717, 1.165) is 18.4 Å². The van der Waals surface area contributed by atoms with Crippen LogP contribution < -0.4 is 5.32 Å².